The van der Waals surface area contributed by atoms with Gasteiger partial charge in [0.05, 0.1) is 6.54 Å². The van der Waals surface area contributed by atoms with Crippen molar-refractivity contribution in [1.29, 1.82) is 0 Å². The lowest BCUT2D eigenvalue weighted by atomic mass is 10.1. The molecule has 2 heterocycles. The molecule has 1 saturated heterocycles. The first-order valence-electron chi connectivity index (χ1n) is 11.5. The summed E-state index contributed by atoms with van der Waals surface area (Å²) in [4.78, 5) is 19.5. The molecule has 1 fully saturated rings. The molecule has 0 unspecified atom stereocenters. The molecule has 10 heteroatoms. The van der Waals surface area contributed by atoms with Gasteiger partial charge in [-0.3, -0.25) is 9.80 Å². The average Bonchev–Trinajstić information content (AvgIpc) is 3.34. The van der Waals surface area contributed by atoms with Crippen LogP contribution in [0.2, 0.25) is 0 Å². The molecule has 1 aromatic heterocycles. The molecule has 0 spiro atoms. The van der Waals surface area contributed by atoms with E-state index in [1.165, 1.54) is 0 Å². The van der Waals surface area contributed by atoms with E-state index in [0.717, 1.165) is 30.9 Å². The second kappa shape index (κ2) is 10.5. The number of nitrogens with zero attached hydrogens (tertiary/aromatic N) is 5. The monoisotopic (exact) mass is 487 g/mol. The SMILES string of the molecule is CC(C)CN1CCN(C(=O)N(Cc2ccc(-c3nnc(C(F)(F)F)o3)cc2)c2ccccc2)CC1. The van der Waals surface area contributed by atoms with Gasteiger partial charge in [-0.25, -0.2) is 4.79 Å². The third-order valence-corrected chi connectivity index (χ3v) is 5.77. The predicted molar refractivity (Wildman–Crippen MR) is 126 cm³/mol. The van der Waals surface area contributed by atoms with Gasteiger partial charge in [-0.1, -0.05) is 44.2 Å². The zero-order valence-electron chi connectivity index (χ0n) is 19.7. The fourth-order valence-electron chi connectivity index (χ4n) is 4.08. The first kappa shape index (κ1) is 24.7. The van der Waals surface area contributed by atoms with Crippen LogP contribution in [-0.2, 0) is 12.7 Å². The molecule has 7 nitrogen and oxygen atoms in total. The van der Waals surface area contributed by atoms with Crippen LogP contribution in [0.5, 0.6) is 0 Å². The van der Waals surface area contributed by atoms with Crippen molar-refractivity contribution in [3.05, 3.63) is 66.1 Å². The summed E-state index contributed by atoms with van der Waals surface area (Å²) < 4.78 is 43.0. The molecule has 4 rings (SSSR count). The van der Waals surface area contributed by atoms with Crippen molar-refractivity contribution in [2.24, 2.45) is 5.92 Å². The Labute approximate surface area is 202 Å². The summed E-state index contributed by atoms with van der Waals surface area (Å²) in [6.45, 7) is 8.70. The van der Waals surface area contributed by atoms with E-state index in [9.17, 15) is 18.0 Å². The number of para-hydroxylation sites is 1. The zero-order valence-corrected chi connectivity index (χ0v) is 19.7. The number of piperazine rings is 1. The summed E-state index contributed by atoms with van der Waals surface area (Å²) in [5.74, 6) is -1.02. The van der Waals surface area contributed by atoms with E-state index in [0.29, 0.717) is 31.1 Å². The molecular formula is C25H28F3N5O2. The molecule has 0 N–H and O–H groups in total. The normalized spacial score (nSPS) is 15.0. The number of carbonyl (C=O) groups excluding carboxylic acids is 1. The standard InChI is InChI=1S/C25H28F3N5O2/c1-18(2)16-31-12-14-32(15-13-31)24(34)33(21-6-4-3-5-7-21)17-19-8-10-20(11-9-19)22-29-30-23(35-22)25(26,27)28/h3-11,18H,12-17H2,1-2H3. The molecule has 0 saturated carbocycles. The van der Waals surface area contributed by atoms with Crippen LogP contribution in [0, 0.1) is 5.92 Å². The number of urea groups is 1. The number of aromatic nitrogens is 2. The summed E-state index contributed by atoms with van der Waals surface area (Å²) >= 11 is 0. The van der Waals surface area contributed by atoms with Crippen LogP contribution in [0.25, 0.3) is 11.5 Å². The Kier molecular flexibility index (Phi) is 7.39. The zero-order chi connectivity index (χ0) is 25.0. The number of alkyl halides is 3. The number of hydrogen-bond acceptors (Lipinski definition) is 5. The van der Waals surface area contributed by atoms with Crippen LogP contribution in [0.3, 0.4) is 0 Å². The van der Waals surface area contributed by atoms with E-state index >= 15 is 0 Å². The highest BCUT2D eigenvalue weighted by molar-refractivity contribution is 5.92. The molecule has 0 atom stereocenters. The van der Waals surface area contributed by atoms with E-state index in [1.807, 2.05) is 35.2 Å². The highest BCUT2D eigenvalue weighted by Crippen LogP contribution is 2.30. The molecule has 1 aliphatic rings. The lowest BCUT2D eigenvalue weighted by Crippen LogP contribution is -2.53. The number of rotatable bonds is 6. The topological polar surface area (TPSA) is 65.7 Å². The Morgan fingerprint density at radius 2 is 1.66 bits per heavy atom. The Morgan fingerprint density at radius 1 is 1.00 bits per heavy atom. The Morgan fingerprint density at radius 3 is 2.23 bits per heavy atom. The van der Waals surface area contributed by atoms with Crippen molar-refractivity contribution in [3.63, 3.8) is 0 Å². The van der Waals surface area contributed by atoms with Crippen LogP contribution in [0.1, 0.15) is 25.3 Å². The fourth-order valence-corrected chi connectivity index (χ4v) is 4.08. The number of carbonyl (C=O) groups is 1. The molecule has 0 aliphatic carbocycles. The Hall–Kier alpha value is -3.40. The number of anilines is 1. The maximum absolute atomic E-state index is 13.5. The van der Waals surface area contributed by atoms with Gasteiger partial charge in [0.25, 0.3) is 0 Å². The second-order valence-corrected chi connectivity index (χ2v) is 8.99. The minimum atomic E-state index is -4.69. The number of halogens is 3. The Bertz CT molecular complexity index is 1110. The van der Waals surface area contributed by atoms with Gasteiger partial charge >= 0.3 is 18.1 Å². The summed E-state index contributed by atoms with van der Waals surface area (Å²) in [7, 11) is 0. The van der Waals surface area contributed by atoms with Gasteiger partial charge in [0.1, 0.15) is 0 Å². The van der Waals surface area contributed by atoms with Crippen molar-refractivity contribution in [3.8, 4) is 11.5 Å². The number of hydrogen-bond donors (Lipinski definition) is 0. The van der Waals surface area contributed by atoms with E-state index in [2.05, 4.69) is 28.9 Å². The highest BCUT2D eigenvalue weighted by atomic mass is 19.4. The highest BCUT2D eigenvalue weighted by Gasteiger charge is 2.38. The molecule has 35 heavy (non-hydrogen) atoms. The summed E-state index contributed by atoms with van der Waals surface area (Å²) in [5, 5.41) is 6.56. The van der Waals surface area contributed by atoms with E-state index in [1.54, 1.807) is 29.2 Å². The average molecular weight is 488 g/mol. The van der Waals surface area contributed by atoms with E-state index < -0.39 is 12.1 Å². The van der Waals surface area contributed by atoms with E-state index in [4.69, 9.17) is 4.42 Å². The van der Waals surface area contributed by atoms with Crippen LogP contribution in [0.15, 0.2) is 59.0 Å². The maximum atomic E-state index is 13.5. The molecular weight excluding hydrogens is 459 g/mol. The minimum Gasteiger partial charge on any atom is -0.413 e. The quantitative estimate of drug-likeness (QED) is 0.481. The van der Waals surface area contributed by atoms with Gasteiger partial charge in [0.15, 0.2) is 0 Å². The smallest absolute Gasteiger partial charge is 0.413 e. The molecule has 2 amide bonds. The van der Waals surface area contributed by atoms with Gasteiger partial charge in [-0.2, -0.15) is 13.2 Å². The van der Waals surface area contributed by atoms with E-state index in [-0.39, 0.29) is 11.9 Å². The number of amides is 2. The largest absolute Gasteiger partial charge is 0.470 e. The van der Waals surface area contributed by atoms with Crippen molar-refractivity contribution in [2.45, 2.75) is 26.6 Å². The predicted octanol–water partition coefficient (Wildman–Crippen LogP) is 5.16. The third kappa shape index (κ3) is 6.19. The molecule has 1 aliphatic heterocycles. The maximum Gasteiger partial charge on any atom is 0.470 e. The van der Waals surface area contributed by atoms with Crippen molar-refractivity contribution in [2.75, 3.05) is 37.6 Å². The lowest BCUT2D eigenvalue weighted by molar-refractivity contribution is -0.156. The number of benzene rings is 2. The van der Waals surface area contributed by atoms with Gasteiger partial charge in [0, 0.05) is 44.0 Å². The van der Waals surface area contributed by atoms with Crippen LogP contribution in [-0.4, -0.2) is 58.8 Å². The minimum absolute atomic E-state index is 0.0730. The van der Waals surface area contributed by atoms with Gasteiger partial charge in [-0.15, -0.1) is 10.2 Å². The van der Waals surface area contributed by atoms with Crippen LogP contribution < -0.4 is 4.90 Å². The van der Waals surface area contributed by atoms with Gasteiger partial charge < -0.3 is 9.32 Å². The van der Waals surface area contributed by atoms with Crippen molar-refractivity contribution in [1.82, 2.24) is 20.0 Å². The van der Waals surface area contributed by atoms with Crippen LogP contribution >= 0.6 is 0 Å². The van der Waals surface area contributed by atoms with Gasteiger partial charge in [-0.05, 0) is 35.7 Å². The fraction of sp³-hybridized carbons (Fsp3) is 0.400. The second-order valence-electron chi connectivity index (χ2n) is 8.99. The third-order valence-electron chi connectivity index (χ3n) is 5.77. The molecule has 0 radical (unpaired) electrons. The first-order chi connectivity index (χ1) is 16.7. The molecule has 2 aromatic carbocycles. The first-order valence-corrected chi connectivity index (χ1v) is 11.5. The lowest BCUT2D eigenvalue weighted by Gasteiger charge is -2.38. The van der Waals surface area contributed by atoms with Crippen molar-refractivity contribution >= 4 is 11.7 Å². The molecule has 3 aromatic rings. The van der Waals surface area contributed by atoms with Crippen molar-refractivity contribution < 1.29 is 22.4 Å². The summed E-state index contributed by atoms with van der Waals surface area (Å²) in [6.07, 6.45) is -4.69. The van der Waals surface area contributed by atoms with Gasteiger partial charge in [0.2, 0.25) is 5.89 Å². The molecule has 0 bridgehead atoms. The summed E-state index contributed by atoms with van der Waals surface area (Å²) in [5.41, 5.74) is 1.97. The summed E-state index contributed by atoms with van der Waals surface area (Å²) in [6, 6.07) is 16.1. The Balaban J connectivity index is 1.48. The van der Waals surface area contributed by atoms with Crippen LogP contribution in [0.4, 0.5) is 23.7 Å². The molecule has 186 valence electrons.